The molecular weight excluding hydrogens is 368 g/mol. The molecule has 2 aromatic carbocycles. The average molecular weight is 390 g/mol. The number of amides is 1. The number of benzene rings is 2. The summed E-state index contributed by atoms with van der Waals surface area (Å²) < 4.78 is 6.72. The molecule has 1 fully saturated rings. The van der Waals surface area contributed by atoms with E-state index in [0.29, 0.717) is 18.7 Å². The van der Waals surface area contributed by atoms with Crippen LogP contribution in [-0.4, -0.2) is 51.4 Å². The summed E-state index contributed by atoms with van der Waals surface area (Å²) in [7, 11) is 1.72. The highest BCUT2D eigenvalue weighted by Gasteiger charge is 2.22. The Morgan fingerprint density at radius 1 is 1.07 bits per heavy atom. The summed E-state index contributed by atoms with van der Waals surface area (Å²) >= 11 is 0. The summed E-state index contributed by atoms with van der Waals surface area (Å²) in [5.41, 5.74) is 4.32. The van der Waals surface area contributed by atoms with Crippen LogP contribution in [0.5, 0.6) is 0 Å². The fourth-order valence-electron chi connectivity index (χ4n) is 4.01. The molecule has 1 amide bonds. The molecule has 0 unspecified atom stereocenters. The van der Waals surface area contributed by atoms with Crippen LogP contribution in [0.2, 0.25) is 0 Å². The van der Waals surface area contributed by atoms with Crippen LogP contribution in [0.15, 0.2) is 57.9 Å². The van der Waals surface area contributed by atoms with Gasteiger partial charge in [0.1, 0.15) is 0 Å². The van der Waals surface area contributed by atoms with Crippen LogP contribution in [0.25, 0.3) is 22.0 Å². The van der Waals surface area contributed by atoms with Crippen molar-refractivity contribution in [3.8, 4) is 0 Å². The molecule has 0 spiro atoms. The van der Waals surface area contributed by atoms with Gasteiger partial charge in [0.2, 0.25) is 0 Å². The van der Waals surface area contributed by atoms with E-state index in [1.165, 1.54) is 4.57 Å². The van der Waals surface area contributed by atoms with Crippen molar-refractivity contribution in [1.29, 1.82) is 0 Å². The van der Waals surface area contributed by atoms with E-state index in [2.05, 4.69) is 9.88 Å². The molecule has 7 nitrogen and oxygen atoms in total. The first-order chi connectivity index (χ1) is 14.1. The van der Waals surface area contributed by atoms with Gasteiger partial charge in [-0.2, -0.15) is 0 Å². The van der Waals surface area contributed by atoms with Gasteiger partial charge in [-0.3, -0.25) is 14.3 Å². The summed E-state index contributed by atoms with van der Waals surface area (Å²) in [5.74, 6) is -0.260. The second-order valence-electron chi connectivity index (χ2n) is 7.58. The maximum atomic E-state index is 12.9. The molecule has 0 atom stereocenters. The SMILES string of the molecule is Cn1c(=O)oc2ccc(CN3CCN(C(=O)c4ccc5[nH]ccc5c4)CC3)cc21. The lowest BCUT2D eigenvalue weighted by Gasteiger charge is -2.34. The van der Waals surface area contributed by atoms with Gasteiger partial charge in [0.15, 0.2) is 5.58 Å². The van der Waals surface area contributed by atoms with Crippen LogP contribution in [0.4, 0.5) is 0 Å². The largest absolute Gasteiger partial charge is 0.419 e. The fraction of sp³-hybridized carbons (Fsp3) is 0.273. The number of aryl methyl sites for hydroxylation is 1. The number of piperazine rings is 1. The van der Waals surface area contributed by atoms with Crippen LogP contribution in [0.1, 0.15) is 15.9 Å². The van der Waals surface area contributed by atoms with Gasteiger partial charge in [0.25, 0.3) is 5.91 Å². The van der Waals surface area contributed by atoms with Crippen molar-refractivity contribution in [2.75, 3.05) is 26.2 Å². The van der Waals surface area contributed by atoms with Crippen molar-refractivity contribution in [3.63, 3.8) is 0 Å². The third-order valence-electron chi connectivity index (χ3n) is 5.72. The van der Waals surface area contributed by atoms with Gasteiger partial charge in [0, 0.05) is 62.4 Å². The Hall–Kier alpha value is -3.32. The Bertz CT molecular complexity index is 1260. The topological polar surface area (TPSA) is 74.5 Å². The van der Waals surface area contributed by atoms with E-state index in [0.717, 1.165) is 47.2 Å². The number of aromatic nitrogens is 2. The molecule has 148 valence electrons. The van der Waals surface area contributed by atoms with E-state index in [1.807, 2.05) is 53.6 Å². The lowest BCUT2D eigenvalue weighted by Crippen LogP contribution is -2.48. The Balaban J connectivity index is 1.24. The molecule has 29 heavy (non-hydrogen) atoms. The number of aromatic amines is 1. The zero-order valence-electron chi connectivity index (χ0n) is 16.2. The smallest absolute Gasteiger partial charge is 0.408 e. The van der Waals surface area contributed by atoms with Crippen LogP contribution >= 0.6 is 0 Å². The monoisotopic (exact) mass is 390 g/mol. The van der Waals surface area contributed by atoms with Crippen molar-refractivity contribution >= 4 is 27.9 Å². The van der Waals surface area contributed by atoms with Gasteiger partial charge in [0.05, 0.1) is 5.52 Å². The molecule has 1 aliphatic heterocycles. The second kappa shape index (κ2) is 6.93. The van der Waals surface area contributed by atoms with Crippen molar-refractivity contribution in [2.45, 2.75) is 6.54 Å². The number of H-pyrrole nitrogens is 1. The number of fused-ring (bicyclic) bond motifs is 2. The van der Waals surface area contributed by atoms with E-state index in [1.54, 1.807) is 7.05 Å². The van der Waals surface area contributed by atoms with E-state index < -0.39 is 0 Å². The molecule has 0 bridgehead atoms. The maximum absolute atomic E-state index is 12.9. The summed E-state index contributed by atoms with van der Waals surface area (Å²) in [6.45, 7) is 3.83. The summed E-state index contributed by atoms with van der Waals surface area (Å²) in [6.07, 6.45) is 1.89. The van der Waals surface area contributed by atoms with Gasteiger partial charge in [-0.1, -0.05) is 6.07 Å². The number of oxazole rings is 1. The molecule has 4 aromatic rings. The molecule has 1 saturated heterocycles. The van der Waals surface area contributed by atoms with Gasteiger partial charge in [-0.05, 0) is 42.0 Å². The minimum absolute atomic E-state index is 0.0857. The number of rotatable bonds is 3. The number of hydrogen-bond acceptors (Lipinski definition) is 4. The molecule has 0 saturated carbocycles. The number of nitrogens with one attached hydrogen (secondary N) is 1. The van der Waals surface area contributed by atoms with Crippen LogP contribution < -0.4 is 5.76 Å². The summed E-state index contributed by atoms with van der Waals surface area (Å²) in [5, 5.41) is 1.05. The molecule has 5 rings (SSSR count). The van der Waals surface area contributed by atoms with Crippen molar-refractivity contribution < 1.29 is 9.21 Å². The first-order valence-corrected chi connectivity index (χ1v) is 9.76. The Morgan fingerprint density at radius 3 is 2.72 bits per heavy atom. The predicted octanol–water partition coefficient (Wildman–Crippen LogP) is 2.57. The summed E-state index contributed by atoms with van der Waals surface area (Å²) in [6, 6.07) is 13.6. The first-order valence-electron chi connectivity index (χ1n) is 9.76. The minimum Gasteiger partial charge on any atom is -0.408 e. The van der Waals surface area contributed by atoms with Gasteiger partial charge in [-0.15, -0.1) is 0 Å². The third-order valence-corrected chi connectivity index (χ3v) is 5.72. The van der Waals surface area contributed by atoms with E-state index in [4.69, 9.17) is 4.42 Å². The van der Waals surface area contributed by atoms with Crippen LogP contribution in [-0.2, 0) is 13.6 Å². The number of carbonyl (C=O) groups excluding carboxylic acids is 1. The summed E-state index contributed by atoms with van der Waals surface area (Å²) in [4.78, 5) is 31.9. The lowest BCUT2D eigenvalue weighted by molar-refractivity contribution is 0.0628. The second-order valence-corrected chi connectivity index (χ2v) is 7.58. The van der Waals surface area contributed by atoms with Crippen molar-refractivity contribution in [2.24, 2.45) is 7.05 Å². The highest BCUT2D eigenvalue weighted by Crippen LogP contribution is 2.19. The normalized spacial score (nSPS) is 15.4. The molecule has 1 aliphatic rings. The molecular formula is C22H22N4O3. The highest BCUT2D eigenvalue weighted by molar-refractivity contribution is 5.98. The Kier molecular flexibility index (Phi) is 4.24. The van der Waals surface area contributed by atoms with Gasteiger partial charge >= 0.3 is 5.76 Å². The maximum Gasteiger partial charge on any atom is 0.419 e. The molecule has 2 aromatic heterocycles. The third kappa shape index (κ3) is 3.23. The quantitative estimate of drug-likeness (QED) is 0.583. The van der Waals surface area contributed by atoms with E-state index in [9.17, 15) is 9.59 Å². The van der Waals surface area contributed by atoms with Crippen molar-refractivity contribution in [1.82, 2.24) is 19.4 Å². The van der Waals surface area contributed by atoms with Crippen molar-refractivity contribution in [3.05, 3.63) is 70.3 Å². The van der Waals surface area contributed by atoms with Gasteiger partial charge in [-0.25, -0.2) is 4.79 Å². The highest BCUT2D eigenvalue weighted by atomic mass is 16.4. The molecule has 0 aliphatic carbocycles. The first kappa shape index (κ1) is 17.8. The standard InChI is InChI=1S/C22H22N4O3/c1-24-19-12-15(2-5-20(19)29-22(24)28)14-25-8-10-26(11-9-25)21(27)17-3-4-18-16(13-17)6-7-23-18/h2-7,12-13,23H,8-11,14H2,1H3. The van der Waals surface area contributed by atoms with Crippen LogP contribution in [0, 0.1) is 0 Å². The molecule has 3 heterocycles. The zero-order valence-corrected chi connectivity index (χ0v) is 16.2. The molecule has 7 heteroatoms. The molecule has 0 radical (unpaired) electrons. The number of hydrogen-bond donors (Lipinski definition) is 1. The minimum atomic E-state index is -0.345. The van der Waals surface area contributed by atoms with Crippen LogP contribution in [0.3, 0.4) is 0 Å². The van der Waals surface area contributed by atoms with Gasteiger partial charge < -0.3 is 14.3 Å². The predicted molar refractivity (Wildman–Crippen MR) is 111 cm³/mol. The molecule has 1 N–H and O–H groups in total. The fourth-order valence-corrected chi connectivity index (χ4v) is 4.01. The average Bonchev–Trinajstić information content (AvgIpc) is 3.32. The Labute approximate surface area is 167 Å². The van der Waals surface area contributed by atoms with E-state index >= 15 is 0 Å². The Morgan fingerprint density at radius 2 is 1.90 bits per heavy atom. The lowest BCUT2D eigenvalue weighted by atomic mass is 10.1. The number of carbonyl (C=O) groups is 1. The zero-order chi connectivity index (χ0) is 20.0. The number of nitrogens with zero attached hydrogens (tertiary/aromatic N) is 3. The van der Waals surface area contributed by atoms with E-state index in [-0.39, 0.29) is 11.7 Å².